The minimum absolute atomic E-state index is 0.189. The molecule has 2 aromatic rings. The number of carbonyl (C=O) groups is 2. The van der Waals surface area contributed by atoms with E-state index in [9.17, 15) is 18.4 Å². The number of nitrogens with one attached hydrogen (secondary N) is 2. The van der Waals surface area contributed by atoms with Crippen LogP contribution < -0.4 is 24.8 Å². The van der Waals surface area contributed by atoms with Crippen LogP contribution in [0.3, 0.4) is 0 Å². The first-order valence-corrected chi connectivity index (χ1v) is 9.05. The molecule has 1 heterocycles. The smallest absolute Gasteiger partial charge is 0.254 e. The van der Waals surface area contributed by atoms with Crippen molar-refractivity contribution in [3.63, 3.8) is 0 Å². The molecule has 2 N–H and O–H groups in total. The van der Waals surface area contributed by atoms with E-state index in [-0.39, 0.29) is 37.8 Å². The molecule has 0 saturated carbocycles. The molecule has 29 heavy (non-hydrogen) atoms. The molecule has 0 spiro atoms. The summed E-state index contributed by atoms with van der Waals surface area (Å²) in [6.07, 6.45) is 0.569. The Morgan fingerprint density at radius 3 is 2.66 bits per heavy atom. The van der Waals surface area contributed by atoms with E-state index in [2.05, 4.69) is 10.6 Å². The average Bonchev–Trinajstić information content (AvgIpc) is 3.16. The Labute approximate surface area is 165 Å². The lowest BCUT2D eigenvalue weighted by Gasteiger charge is -2.09. The molecule has 154 valence electrons. The Hall–Kier alpha value is -3.36. The Kier molecular flexibility index (Phi) is 6.83. The molecule has 0 aliphatic carbocycles. The topological polar surface area (TPSA) is 85.9 Å². The van der Waals surface area contributed by atoms with Crippen LogP contribution in [0.25, 0.3) is 0 Å². The molecule has 1 aliphatic rings. The van der Waals surface area contributed by atoms with Gasteiger partial charge in [0.25, 0.3) is 5.91 Å². The second-order valence-corrected chi connectivity index (χ2v) is 6.20. The molecule has 1 aliphatic heterocycles. The predicted molar refractivity (Wildman–Crippen MR) is 99.0 cm³/mol. The SMILES string of the molecule is O=C(CCCNC(=O)c1ccc(F)cc1F)NCCOc1ccc2c(c1)OCO2. The lowest BCUT2D eigenvalue weighted by Crippen LogP contribution is -2.30. The fraction of sp³-hybridized carbons (Fsp3) is 0.300. The van der Waals surface area contributed by atoms with Crippen molar-refractivity contribution in [3.05, 3.63) is 53.6 Å². The molecular formula is C20H20F2N2O5. The van der Waals surface area contributed by atoms with Crippen LogP contribution in [0.15, 0.2) is 36.4 Å². The lowest BCUT2D eigenvalue weighted by atomic mass is 10.2. The van der Waals surface area contributed by atoms with Crippen molar-refractivity contribution in [2.24, 2.45) is 0 Å². The average molecular weight is 406 g/mol. The number of amides is 2. The number of hydrogen-bond acceptors (Lipinski definition) is 5. The van der Waals surface area contributed by atoms with Gasteiger partial charge in [-0.2, -0.15) is 0 Å². The summed E-state index contributed by atoms with van der Waals surface area (Å²) < 4.78 is 42.4. The highest BCUT2D eigenvalue weighted by atomic mass is 19.1. The summed E-state index contributed by atoms with van der Waals surface area (Å²) in [7, 11) is 0. The first kappa shape index (κ1) is 20.4. The summed E-state index contributed by atoms with van der Waals surface area (Å²) in [6, 6.07) is 7.96. The fourth-order valence-corrected chi connectivity index (χ4v) is 2.63. The number of hydrogen-bond donors (Lipinski definition) is 2. The molecule has 0 saturated heterocycles. The largest absolute Gasteiger partial charge is 0.492 e. The van der Waals surface area contributed by atoms with E-state index >= 15 is 0 Å². The fourth-order valence-electron chi connectivity index (χ4n) is 2.63. The Bertz CT molecular complexity index is 891. The maximum Gasteiger partial charge on any atom is 0.254 e. The molecule has 0 fully saturated rings. The normalized spacial score (nSPS) is 11.8. The summed E-state index contributed by atoms with van der Waals surface area (Å²) in [5, 5.41) is 5.20. The number of fused-ring (bicyclic) bond motifs is 1. The molecule has 9 heteroatoms. The van der Waals surface area contributed by atoms with E-state index < -0.39 is 17.5 Å². The Balaban J connectivity index is 1.28. The third-order valence-corrected chi connectivity index (χ3v) is 4.08. The number of ether oxygens (including phenoxy) is 3. The molecule has 3 rings (SSSR count). The molecule has 0 aromatic heterocycles. The van der Waals surface area contributed by atoms with Gasteiger partial charge in [-0.1, -0.05) is 0 Å². The Morgan fingerprint density at radius 2 is 1.83 bits per heavy atom. The zero-order chi connectivity index (χ0) is 20.6. The summed E-state index contributed by atoms with van der Waals surface area (Å²) >= 11 is 0. The third kappa shape index (κ3) is 5.81. The van der Waals surface area contributed by atoms with Crippen molar-refractivity contribution in [2.45, 2.75) is 12.8 Å². The van der Waals surface area contributed by atoms with Gasteiger partial charge in [-0.25, -0.2) is 8.78 Å². The van der Waals surface area contributed by atoms with Gasteiger partial charge in [-0.15, -0.1) is 0 Å². The molecule has 0 bridgehead atoms. The van der Waals surface area contributed by atoms with Crippen molar-refractivity contribution in [1.29, 1.82) is 0 Å². The Morgan fingerprint density at radius 1 is 1.00 bits per heavy atom. The summed E-state index contributed by atoms with van der Waals surface area (Å²) in [6.45, 7) is 0.983. The number of halogens is 2. The standard InChI is InChI=1S/C20H20F2N2O5/c21-13-3-5-15(16(22)10-13)20(26)24-7-1-2-19(25)23-8-9-27-14-4-6-17-18(11-14)29-12-28-17/h3-6,10-11H,1-2,7-9,12H2,(H,23,25)(H,24,26). The number of rotatable bonds is 9. The van der Waals surface area contributed by atoms with E-state index in [0.29, 0.717) is 36.3 Å². The van der Waals surface area contributed by atoms with Crippen LogP contribution in [0.2, 0.25) is 0 Å². The van der Waals surface area contributed by atoms with Gasteiger partial charge in [-0.3, -0.25) is 9.59 Å². The zero-order valence-electron chi connectivity index (χ0n) is 15.5. The summed E-state index contributed by atoms with van der Waals surface area (Å²) in [5.41, 5.74) is -0.239. The monoisotopic (exact) mass is 406 g/mol. The highest BCUT2D eigenvalue weighted by Crippen LogP contribution is 2.34. The van der Waals surface area contributed by atoms with Crippen molar-refractivity contribution in [1.82, 2.24) is 10.6 Å². The maximum absolute atomic E-state index is 13.5. The minimum atomic E-state index is -0.928. The molecule has 2 aromatic carbocycles. The van der Waals surface area contributed by atoms with E-state index in [1.54, 1.807) is 18.2 Å². The summed E-state index contributed by atoms with van der Waals surface area (Å²) in [4.78, 5) is 23.6. The van der Waals surface area contributed by atoms with Gasteiger partial charge in [-0.05, 0) is 30.7 Å². The van der Waals surface area contributed by atoms with Gasteiger partial charge in [0.2, 0.25) is 12.7 Å². The van der Waals surface area contributed by atoms with Crippen LogP contribution in [0.4, 0.5) is 8.78 Å². The third-order valence-electron chi connectivity index (χ3n) is 4.08. The van der Waals surface area contributed by atoms with Gasteiger partial charge in [0.1, 0.15) is 24.0 Å². The van der Waals surface area contributed by atoms with E-state index in [1.165, 1.54) is 0 Å². The molecule has 0 radical (unpaired) electrons. The van der Waals surface area contributed by atoms with Crippen molar-refractivity contribution in [2.75, 3.05) is 26.5 Å². The first-order valence-electron chi connectivity index (χ1n) is 9.05. The molecule has 7 nitrogen and oxygen atoms in total. The molecule has 0 unspecified atom stereocenters. The lowest BCUT2D eigenvalue weighted by molar-refractivity contribution is -0.121. The van der Waals surface area contributed by atoms with Crippen LogP contribution in [-0.4, -0.2) is 38.3 Å². The van der Waals surface area contributed by atoms with Gasteiger partial charge in [0.15, 0.2) is 11.5 Å². The maximum atomic E-state index is 13.5. The van der Waals surface area contributed by atoms with Crippen LogP contribution in [0.5, 0.6) is 17.2 Å². The van der Waals surface area contributed by atoms with Crippen molar-refractivity contribution >= 4 is 11.8 Å². The van der Waals surface area contributed by atoms with Gasteiger partial charge < -0.3 is 24.8 Å². The van der Waals surface area contributed by atoms with Crippen LogP contribution >= 0.6 is 0 Å². The van der Waals surface area contributed by atoms with Crippen molar-refractivity contribution in [3.8, 4) is 17.2 Å². The van der Waals surface area contributed by atoms with Gasteiger partial charge in [0, 0.05) is 25.1 Å². The molecule has 0 atom stereocenters. The van der Waals surface area contributed by atoms with Gasteiger partial charge >= 0.3 is 0 Å². The summed E-state index contributed by atoms with van der Waals surface area (Å²) in [5.74, 6) is -0.629. The second-order valence-electron chi connectivity index (χ2n) is 6.20. The van der Waals surface area contributed by atoms with Crippen LogP contribution in [0.1, 0.15) is 23.2 Å². The number of carbonyl (C=O) groups excluding carboxylic acids is 2. The number of benzene rings is 2. The van der Waals surface area contributed by atoms with E-state index in [0.717, 1.165) is 12.1 Å². The van der Waals surface area contributed by atoms with Gasteiger partial charge in [0.05, 0.1) is 12.1 Å². The van der Waals surface area contributed by atoms with Crippen LogP contribution in [-0.2, 0) is 4.79 Å². The van der Waals surface area contributed by atoms with Crippen LogP contribution in [0, 0.1) is 11.6 Å². The first-order chi connectivity index (χ1) is 14.0. The quantitative estimate of drug-likeness (QED) is 0.625. The molecule has 2 amide bonds. The zero-order valence-corrected chi connectivity index (χ0v) is 15.5. The second kappa shape index (κ2) is 9.72. The minimum Gasteiger partial charge on any atom is -0.492 e. The van der Waals surface area contributed by atoms with E-state index in [4.69, 9.17) is 14.2 Å². The highest BCUT2D eigenvalue weighted by molar-refractivity contribution is 5.94. The highest BCUT2D eigenvalue weighted by Gasteiger charge is 2.14. The predicted octanol–water partition coefficient (Wildman–Crippen LogP) is 2.40. The van der Waals surface area contributed by atoms with E-state index in [1.807, 2.05) is 0 Å². The van der Waals surface area contributed by atoms with Crippen molar-refractivity contribution < 1.29 is 32.6 Å². The molecular weight excluding hydrogens is 386 g/mol.